The first-order valence-electron chi connectivity index (χ1n) is 7.01. The number of ether oxygens (including phenoxy) is 1. The van der Waals surface area contributed by atoms with Gasteiger partial charge in [-0.05, 0) is 28.1 Å². The van der Waals surface area contributed by atoms with Gasteiger partial charge in [-0.1, -0.05) is 0 Å². The summed E-state index contributed by atoms with van der Waals surface area (Å²) < 4.78 is 6.14. The molecule has 1 fully saturated rings. The molecule has 2 amide bonds. The van der Waals surface area contributed by atoms with Gasteiger partial charge in [0.25, 0.3) is 0 Å². The molecule has 0 spiro atoms. The first kappa shape index (κ1) is 16.9. The zero-order valence-electron chi connectivity index (χ0n) is 12.3. The maximum Gasteiger partial charge on any atom is 0.245 e. The number of likely N-dealkylation sites (N-methyl/N-ethyl adjacent to an activating group) is 1. The minimum absolute atomic E-state index is 0.00977. The Morgan fingerprint density at radius 1 is 1.55 bits per heavy atom. The highest BCUT2D eigenvalue weighted by Crippen LogP contribution is 2.10. The van der Waals surface area contributed by atoms with Gasteiger partial charge in [0.15, 0.2) is 0 Å². The number of carbonyl (C=O) groups is 2. The molecular weight excluding hydrogens is 352 g/mol. The molecule has 1 aliphatic heterocycles. The van der Waals surface area contributed by atoms with Crippen molar-refractivity contribution in [3.63, 3.8) is 0 Å². The second kappa shape index (κ2) is 8.21. The van der Waals surface area contributed by atoms with Gasteiger partial charge in [-0.15, -0.1) is 0 Å². The van der Waals surface area contributed by atoms with Gasteiger partial charge in [-0.2, -0.15) is 0 Å². The van der Waals surface area contributed by atoms with Crippen molar-refractivity contribution in [2.45, 2.75) is 12.5 Å². The SMILES string of the molecule is CN(CC(=O)Nc1ccc(Br)cn1)C(=O)CC1COCCN1. The molecule has 0 aliphatic carbocycles. The quantitative estimate of drug-likeness (QED) is 0.793. The number of hydrogen-bond acceptors (Lipinski definition) is 5. The average Bonchev–Trinajstić information content (AvgIpc) is 2.50. The minimum atomic E-state index is -0.279. The van der Waals surface area contributed by atoms with Gasteiger partial charge in [0.2, 0.25) is 11.8 Å². The number of halogens is 1. The highest BCUT2D eigenvalue weighted by atomic mass is 79.9. The summed E-state index contributed by atoms with van der Waals surface area (Å²) in [5.41, 5.74) is 0. The van der Waals surface area contributed by atoms with Gasteiger partial charge >= 0.3 is 0 Å². The third kappa shape index (κ3) is 5.36. The van der Waals surface area contributed by atoms with Gasteiger partial charge in [-0.25, -0.2) is 4.98 Å². The Kier molecular flexibility index (Phi) is 6.29. The Bertz CT molecular complexity index is 517. The van der Waals surface area contributed by atoms with Crippen LogP contribution < -0.4 is 10.6 Å². The Hall–Kier alpha value is -1.51. The Labute approximate surface area is 137 Å². The van der Waals surface area contributed by atoms with E-state index in [0.29, 0.717) is 25.5 Å². The summed E-state index contributed by atoms with van der Waals surface area (Å²) in [6, 6.07) is 3.49. The Morgan fingerprint density at radius 2 is 2.36 bits per heavy atom. The van der Waals surface area contributed by atoms with E-state index < -0.39 is 0 Å². The standard InChI is InChI=1S/C14H19BrN4O3/c1-19(14(21)6-11-9-22-5-4-16-11)8-13(20)18-12-3-2-10(15)7-17-12/h2-3,7,11,16H,4-6,8-9H2,1H3,(H,17,18,20). The van der Waals surface area contributed by atoms with Crippen molar-refractivity contribution < 1.29 is 14.3 Å². The van der Waals surface area contributed by atoms with Crippen molar-refractivity contribution in [2.24, 2.45) is 0 Å². The molecule has 1 atom stereocenters. The van der Waals surface area contributed by atoms with Crippen LogP contribution in [-0.2, 0) is 14.3 Å². The molecule has 0 saturated carbocycles. The van der Waals surface area contributed by atoms with Crippen molar-refractivity contribution in [3.8, 4) is 0 Å². The fraction of sp³-hybridized carbons (Fsp3) is 0.500. The summed E-state index contributed by atoms with van der Waals surface area (Å²) in [5, 5.41) is 5.87. The molecule has 1 saturated heterocycles. The number of pyridine rings is 1. The van der Waals surface area contributed by atoms with Gasteiger partial charge in [0, 0.05) is 36.7 Å². The molecule has 1 aliphatic rings. The number of anilines is 1. The lowest BCUT2D eigenvalue weighted by atomic mass is 10.2. The Balaban J connectivity index is 1.77. The van der Waals surface area contributed by atoms with E-state index in [0.717, 1.165) is 11.0 Å². The first-order chi connectivity index (χ1) is 10.5. The molecule has 1 unspecified atom stereocenters. The average molecular weight is 371 g/mol. The molecule has 1 aromatic heterocycles. The molecule has 1 aromatic rings. The van der Waals surface area contributed by atoms with E-state index >= 15 is 0 Å². The van der Waals surface area contributed by atoms with Crippen LogP contribution in [0.15, 0.2) is 22.8 Å². The second-order valence-corrected chi connectivity index (χ2v) is 6.01. The Morgan fingerprint density at radius 3 is 3.00 bits per heavy atom. The number of nitrogens with zero attached hydrogens (tertiary/aromatic N) is 2. The third-order valence-electron chi connectivity index (χ3n) is 3.22. The largest absolute Gasteiger partial charge is 0.378 e. The van der Waals surface area contributed by atoms with Crippen LogP contribution in [0.2, 0.25) is 0 Å². The van der Waals surface area contributed by atoms with Crippen LogP contribution in [0.5, 0.6) is 0 Å². The van der Waals surface area contributed by atoms with Crippen LogP contribution in [-0.4, -0.2) is 61.1 Å². The van der Waals surface area contributed by atoms with Gasteiger partial charge in [0.1, 0.15) is 5.82 Å². The van der Waals surface area contributed by atoms with E-state index in [2.05, 4.69) is 31.5 Å². The van der Waals surface area contributed by atoms with Crippen molar-refractivity contribution in [1.82, 2.24) is 15.2 Å². The number of aromatic nitrogens is 1. The maximum atomic E-state index is 12.1. The van der Waals surface area contributed by atoms with E-state index in [9.17, 15) is 9.59 Å². The molecule has 0 aromatic carbocycles. The summed E-state index contributed by atoms with van der Waals surface area (Å²) in [5.74, 6) is 0.0804. The number of morpholine rings is 1. The van der Waals surface area contributed by atoms with Crippen LogP contribution >= 0.6 is 15.9 Å². The number of carbonyl (C=O) groups excluding carboxylic acids is 2. The fourth-order valence-corrected chi connectivity index (χ4v) is 2.29. The van der Waals surface area contributed by atoms with Crippen molar-refractivity contribution >= 4 is 33.6 Å². The van der Waals surface area contributed by atoms with Gasteiger partial charge in [-0.3, -0.25) is 9.59 Å². The summed E-state index contributed by atoms with van der Waals surface area (Å²) in [6.07, 6.45) is 1.92. The normalized spacial score (nSPS) is 17.8. The predicted octanol–water partition coefficient (Wildman–Crippen LogP) is 0.619. The molecule has 22 heavy (non-hydrogen) atoms. The van der Waals surface area contributed by atoms with E-state index in [-0.39, 0.29) is 24.4 Å². The van der Waals surface area contributed by atoms with E-state index in [1.165, 1.54) is 4.90 Å². The number of amides is 2. The number of nitrogens with one attached hydrogen (secondary N) is 2. The summed E-state index contributed by atoms with van der Waals surface area (Å²) in [6.45, 7) is 1.93. The van der Waals surface area contributed by atoms with Gasteiger partial charge < -0.3 is 20.3 Å². The van der Waals surface area contributed by atoms with Crippen LogP contribution in [0.25, 0.3) is 0 Å². The lowest BCUT2D eigenvalue weighted by Gasteiger charge is -2.25. The molecule has 8 heteroatoms. The lowest BCUT2D eigenvalue weighted by Crippen LogP contribution is -2.45. The molecule has 0 bridgehead atoms. The van der Waals surface area contributed by atoms with Crippen molar-refractivity contribution in [3.05, 3.63) is 22.8 Å². The smallest absolute Gasteiger partial charge is 0.245 e. The fourth-order valence-electron chi connectivity index (χ4n) is 2.05. The first-order valence-corrected chi connectivity index (χ1v) is 7.80. The third-order valence-corrected chi connectivity index (χ3v) is 3.69. The maximum absolute atomic E-state index is 12.1. The highest BCUT2D eigenvalue weighted by Gasteiger charge is 2.20. The highest BCUT2D eigenvalue weighted by molar-refractivity contribution is 9.10. The van der Waals surface area contributed by atoms with Crippen LogP contribution in [0.1, 0.15) is 6.42 Å². The zero-order chi connectivity index (χ0) is 15.9. The van der Waals surface area contributed by atoms with E-state index in [1.807, 2.05) is 0 Å². The summed E-state index contributed by atoms with van der Waals surface area (Å²) in [4.78, 5) is 29.4. The molecule has 2 rings (SSSR count). The second-order valence-electron chi connectivity index (χ2n) is 5.09. The van der Waals surface area contributed by atoms with E-state index in [1.54, 1.807) is 25.4 Å². The van der Waals surface area contributed by atoms with Crippen LogP contribution in [0.4, 0.5) is 5.82 Å². The molecule has 0 radical (unpaired) electrons. The predicted molar refractivity (Wildman–Crippen MR) is 85.4 cm³/mol. The molecular formula is C14H19BrN4O3. The number of hydrogen-bond donors (Lipinski definition) is 2. The van der Waals surface area contributed by atoms with Crippen LogP contribution in [0.3, 0.4) is 0 Å². The van der Waals surface area contributed by atoms with E-state index in [4.69, 9.17) is 4.74 Å². The molecule has 2 N–H and O–H groups in total. The lowest BCUT2D eigenvalue weighted by molar-refractivity contribution is -0.134. The van der Waals surface area contributed by atoms with Gasteiger partial charge in [0.05, 0.1) is 19.8 Å². The van der Waals surface area contributed by atoms with Crippen LogP contribution in [0, 0.1) is 0 Å². The van der Waals surface area contributed by atoms with Crippen molar-refractivity contribution in [1.29, 1.82) is 0 Å². The summed E-state index contributed by atoms with van der Waals surface area (Å²) in [7, 11) is 1.61. The topological polar surface area (TPSA) is 83.6 Å². The minimum Gasteiger partial charge on any atom is -0.378 e. The monoisotopic (exact) mass is 370 g/mol. The number of rotatable bonds is 5. The molecule has 120 valence electrons. The summed E-state index contributed by atoms with van der Waals surface area (Å²) >= 11 is 3.27. The molecule has 7 nitrogen and oxygen atoms in total. The molecule has 2 heterocycles. The zero-order valence-corrected chi connectivity index (χ0v) is 13.9. The van der Waals surface area contributed by atoms with Crippen molar-refractivity contribution in [2.75, 3.05) is 38.7 Å².